The Morgan fingerprint density at radius 3 is 2.95 bits per heavy atom. The zero-order valence-corrected chi connectivity index (χ0v) is 11.4. The highest BCUT2D eigenvalue weighted by Gasteiger charge is 2.10. The summed E-state index contributed by atoms with van der Waals surface area (Å²) in [5, 5.41) is 8.73. The number of aromatic nitrogens is 2. The number of halogens is 1. The maximum absolute atomic E-state index is 13.9. The molecule has 0 bridgehead atoms. The van der Waals surface area contributed by atoms with Gasteiger partial charge in [-0.1, -0.05) is 13.0 Å². The number of imidazole rings is 1. The summed E-state index contributed by atoms with van der Waals surface area (Å²) in [5.74, 6) is 0.478. The highest BCUT2D eigenvalue weighted by atomic mass is 19.1. The Labute approximate surface area is 117 Å². The molecule has 4 nitrogen and oxygen atoms in total. The van der Waals surface area contributed by atoms with Gasteiger partial charge in [0.2, 0.25) is 0 Å². The van der Waals surface area contributed by atoms with Crippen LogP contribution in [0.4, 0.5) is 4.39 Å². The van der Waals surface area contributed by atoms with Crippen LogP contribution in [0.5, 0.6) is 0 Å². The van der Waals surface area contributed by atoms with E-state index in [-0.39, 0.29) is 11.9 Å². The smallest absolute Gasteiger partial charge is 0.129 e. The molecule has 1 heterocycles. The van der Waals surface area contributed by atoms with Gasteiger partial charge >= 0.3 is 0 Å². The first kappa shape index (κ1) is 14.2. The van der Waals surface area contributed by atoms with Crippen LogP contribution in [0.15, 0.2) is 30.6 Å². The number of rotatable bonds is 5. The Hall–Kier alpha value is -2.19. The molecule has 2 rings (SSSR count). The Balaban J connectivity index is 2.19. The van der Waals surface area contributed by atoms with E-state index in [1.807, 2.05) is 23.8 Å². The molecule has 0 aliphatic carbocycles. The van der Waals surface area contributed by atoms with Gasteiger partial charge < -0.3 is 10.3 Å². The summed E-state index contributed by atoms with van der Waals surface area (Å²) in [6.45, 7) is 2.42. The summed E-state index contributed by atoms with van der Waals surface area (Å²) >= 11 is 0. The van der Waals surface area contributed by atoms with Crippen LogP contribution < -0.4 is 5.73 Å². The Bertz CT molecular complexity index is 627. The van der Waals surface area contributed by atoms with Crippen LogP contribution >= 0.6 is 0 Å². The molecule has 0 aliphatic rings. The average Bonchev–Trinajstić information content (AvgIpc) is 2.88. The summed E-state index contributed by atoms with van der Waals surface area (Å²) in [6.07, 6.45) is 5.05. The number of hydrogen-bond donors (Lipinski definition) is 1. The van der Waals surface area contributed by atoms with Gasteiger partial charge in [0.05, 0.1) is 18.2 Å². The van der Waals surface area contributed by atoms with Gasteiger partial charge in [0, 0.05) is 30.4 Å². The van der Waals surface area contributed by atoms with E-state index in [9.17, 15) is 4.39 Å². The molecule has 104 valence electrons. The standard InChI is InChI=1S/C15H17FN4/c1-2-13(18)8-15-19-5-6-20(15)10-12-4-3-11(9-17)7-14(12)16/h3-7,13H,2,8,10,18H2,1H3. The fourth-order valence-electron chi connectivity index (χ4n) is 1.98. The van der Waals surface area contributed by atoms with E-state index in [0.29, 0.717) is 24.1 Å². The molecule has 0 amide bonds. The second-order valence-corrected chi connectivity index (χ2v) is 4.76. The van der Waals surface area contributed by atoms with E-state index in [0.717, 1.165) is 12.2 Å². The van der Waals surface area contributed by atoms with E-state index in [1.54, 1.807) is 18.3 Å². The lowest BCUT2D eigenvalue weighted by molar-refractivity contribution is 0.575. The lowest BCUT2D eigenvalue weighted by atomic mass is 10.1. The molecule has 0 spiro atoms. The van der Waals surface area contributed by atoms with Crippen molar-refractivity contribution >= 4 is 0 Å². The number of nitriles is 1. The van der Waals surface area contributed by atoms with Crippen LogP contribution in [0.1, 0.15) is 30.3 Å². The van der Waals surface area contributed by atoms with Crippen molar-refractivity contribution in [3.63, 3.8) is 0 Å². The van der Waals surface area contributed by atoms with Gasteiger partial charge in [-0.25, -0.2) is 9.37 Å². The molecule has 0 saturated heterocycles. The molecule has 0 aliphatic heterocycles. The van der Waals surface area contributed by atoms with Gasteiger partial charge in [-0.2, -0.15) is 5.26 Å². The topological polar surface area (TPSA) is 67.6 Å². The first-order valence-corrected chi connectivity index (χ1v) is 6.58. The zero-order valence-electron chi connectivity index (χ0n) is 11.4. The van der Waals surface area contributed by atoms with E-state index in [1.165, 1.54) is 6.07 Å². The van der Waals surface area contributed by atoms with Crippen molar-refractivity contribution in [2.75, 3.05) is 0 Å². The van der Waals surface area contributed by atoms with Crippen molar-refractivity contribution in [3.8, 4) is 6.07 Å². The van der Waals surface area contributed by atoms with Crippen LogP contribution in [0, 0.1) is 17.1 Å². The van der Waals surface area contributed by atoms with Gasteiger partial charge in [0.25, 0.3) is 0 Å². The first-order chi connectivity index (χ1) is 9.63. The van der Waals surface area contributed by atoms with Crippen LogP contribution in [0.2, 0.25) is 0 Å². The lowest BCUT2D eigenvalue weighted by Crippen LogP contribution is -2.23. The van der Waals surface area contributed by atoms with Crippen LogP contribution in [0.25, 0.3) is 0 Å². The van der Waals surface area contributed by atoms with E-state index in [4.69, 9.17) is 11.0 Å². The number of nitrogens with zero attached hydrogens (tertiary/aromatic N) is 3. The molecule has 1 aromatic heterocycles. The molecule has 0 radical (unpaired) electrons. The summed E-state index contributed by atoms with van der Waals surface area (Å²) in [5.41, 5.74) is 6.79. The van der Waals surface area contributed by atoms with Crippen LogP contribution in [-0.2, 0) is 13.0 Å². The van der Waals surface area contributed by atoms with Crippen molar-refractivity contribution in [2.24, 2.45) is 5.73 Å². The lowest BCUT2D eigenvalue weighted by Gasteiger charge is -2.12. The number of nitrogens with two attached hydrogens (primary N) is 1. The fraction of sp³-hybridized carbons (Fsp3) is 0.333. The Morgan fingerprint density at radius 1 is 1.50 bits per heavy atom. The minimum absolute atomic E-state index is 0.0574. The monoisotopic (exact) mass is 272 g/mol. The predicted molar refractivity (Wildman–Crippen MR) is 74.4 cm³/mol. The minimum Gasteiger partial charge on any atom is -0.330 e. The van der Waals surface area contributed by atoms with Gasteiger partial charge in [-0.15, -0.1) is 0 Å². The van der Waals surface area contributed by atoms with E-state index >= 15 is 0 Å². The third kappa shape index (κ3) is 3.22. The highest BCUT2D eigenvalue weighted by Crippen LogP contribution is 2.13. The summed E-state index contributed by atoms with van der Waals surface area (Å²) in [4.78, 5) is 4.27. The molecule has 0 saturated carbocycles. The molecule has 2 N–H and O–H groups in total. The maximum atomic E-state index is 13.9. The van der Waals surface area contributed by atoms with Crippen molar-refractivity contribution in [1.82, 2.24) is 9.55 Å². The maximum Gasteiger partial charge on any atom is 0.129 e. The second kappa shape index (κ2) is 6.31. The van der Waals surface area contributed by atoms with Gasteiger partial charge in [-0.05, 0) is 18.6 Å². The molecule has 5 heteroatoms. The Morgan fingerprint density at radius 2 is 2.30 bits per heavy atom. The Kier molecular flexibility index (Phi) is 4.49. The molecule has 2 aromatic rings. The van der Waals surface area contributed by atoms with Crippen LogP contribution in [0.3, 0.4) is 0 Å². The minimum atomic E-state index is -0.372. The van der Waals surface area contributed by atoms with Crippen molar-refractivity contribution in [1.29, 1.82) is 5.26 Å². The average molecular weight is 272 g/mol. The molecular weight excluding hydrogens is 255 g/mol. The second-order valence-electron chi connectivity index (χ2n) is 4.76. The molecule has 1 atom stereocenters. The van der Waals surface area contributed by atoms with Crippen molar-refractivity contribution in [3.05, 3.63) is 53.4 Å². The third-order valence-electron chi connectivity index (χ3n) is 3.29. The summed E-state index contributed by atoms with van der Waals surface area (Å²) < 4.78 is 15.8. The molecule has 20 heavy (non-hydrogen) atoms. The fourth-order valence-corrected chi connectivity index (χ4v) is 1.98. The number of hydrogen-bond acceptors (Lipinski definition) is 3. The quantitative estimate of drug-likeness (QED) is 0.907. The van der Waals surface area contributed by atoms with Gasteiger partial charge in [-0.3, -0.25) is 0 Å². The van der Waals surface area contributed by atoms with Crippen molar-refractivity contribution < 1.29 is 4.39 Å². The molecule has 0 fully saturated rings. The highest BCUT2D eigenvalue weighted by molar-refractivity contribution is 5.33. The largest absolute Gasteiger partial charge is 0.330 e. The molecule has 1 aromatic carbocycles. The first-order valence-electron chi connectivity index (χ1n) is 6.58. The van der Waals surface area contributed by atoms with Gasteiger partial charge in [0.15, 0.2) is 0 Å². The molecule has 1 unspecified atom stereocenters. The normalized spacial score (nSPS) is 12.1. The van der Waals surface area contributed by atoms with Crippen molar-refractivity contribution in [2.45, 2.75) is 32.4 Å². The van der Waals surface area contributed by atoms with E-state index in [2.05, 4.69) is 4.98 Å². The SMILES string of the molecule is CCC(N)Cc1nccn1Cc1ccc(C#N)cc1F. The van der Waals surface area contributed by atoms with Gasteiger partial charge in [0.1, 0.15) is 11.6 Å². The third-order valence-corrected chi connectivity index (χ3v) is 3.29. The van der Waals surface area contributed by atoms with E-state index < -0.39 is 0 Å². The zero-order chi connectivity index (χ0) is 14.5. The van der Waals surface area contributed by atoms with Crippen LogP contribution in [-0.4, -0.2) is 15.6 Å². The molecular formula is C15H17FN4. The number of benzene rings is 1. The summed E-state index contributed by atoms with van der Waals surface area (Å²) in [7, 11) is 0. The summed E-state index contributed by atoms with van der Waals surface area (Å²) in [6, 6.07) is 6.49. The predicted octanol–water partition coefficient (Wildman–Crippen LogP) is 2.22.